The number of carbonyl (C=O) groups is 2. The Kier molecular flexibility index (Phi) is 4.66. The van der Waals surface area contributed by atoms with Crippen LogP contribution in [0.1, 0.15) is 32.0 Å². The van der Waals surface area contributed by atoms with Gasteiger partial charge in [-0.25, -0.2) is 9.59 Å². The van der Waals surface area contributed by atoms with Gasteiger partial charge in [0.05, 0.1) is 28.7 Å². The monoisotopic (exact) mass is 348 g/mol. The molecular formula is C20H16N2O4. The molecule has 130 valence electrons. The molecule has 3 aromatic rings. The zero-order valence-electron chi connectivity index (χ0n) is 14.0. The molecular weight excluding hydrogens is 332 g/mol. The van der Waals surface area contributed by atoms with Gasteiger partial charge in [-0.1, -0.05) is 6.07 Å². The minimum atomic E-state index is -0.997. The smallest absolute Gasteiger partial charge is 0.335 e. The lowest BCUT2D eigenvalue weighted by molar-refractivity contribution is 0.0686. The van der Waals surface area contributed by atoms with Crippen LogP contribution < -0.4 is 0 Å². The number of carboxylic acid groups (broad SMARTS) is 2. The summed E-state index contributed by atoms with van der Waals surface area (Å²) in [4.78, 5) is 26.5. The minimum absolute atomic E-state index is 0.183. The molecule has 0 saturated carbocycles. The van der Waals surface area contributed by atoms with Crippen LogP contribution in [0.25, 0.3) is 5.69 Å². The summed E-state index contributed by atoms with van der Waals surface area (Å²) < 4.78 is 1.87. The molecule has 0 unspecified atom stereocenters. The second-order valence-electron chi connectivity index (χ2n) is 5.72. The number of hydrogen-bond donors (Lipinski definition) is 2. The van der Waals surface area contributed by atoms with Crippen LogP contribution in [0.15, 0.2) is 65.8 Å². The quantitative estimate of drug-likeness (QED) is 0.683. The summed E-state index contributed by atoms with van der Waals surface area (Å²) in [6.45, 7) is 1.86. The van der Waals surface area contributed by atoms with Crippen LogP contribution in [-0.4, -0.2) is 32.9 Å². The molecule has 6 nitrogen and oxygen atoms in total. The summed E-state index contributed by atoms with van der Waals surface area (Å²) in [7, 11) is 0. The summed E-state index contributed by atoms with van der Waals surface area (Å²) in [5.74, 6) is -1.97. The number of aromatic nitrogens is 1. The normalized spacial score (nSPS) is 11.0. The second kappa shape index (κ2) is 7.06. The van der Waals surface area contributed by atoms with E-state index in [-0.39, 0.29) is 11.1 Å². The van der Waals surface area contributed by atoms with Gasteiger partial charge in [0.2, 0.25) is 0 Å². The Hall–Kier alpha value is -3.67. The molecule has 0 fully saturated rings. The van der Waals surface area contributed by atoms with Gasteiger partial charge in [0.25, 0.3) is 0 Å². The Morgan fingerprint density at radius 2 is 1.62 bits per heavy atom. The topological polar surface area (TPSA) is 91.9 Å². The van der Waals surface area contributed by atoms with Crippen LogP contribution in [0, 0.1) is 6.92 Å². The summed E-state index contributed by atoms with van der Waals surface area (Å²) in [5, 5.41) is 18.1. The molecule has 0 bridgehead atoms. The van der Waals surface area contributed by atoms with Gasteiger partial charge in [0.1, 0.15) is 0 Å². The molecule has 6 heteroatoms. The van der Waals surface area contributed by atoms with Crippen molar-refractivity contribution < 1.29 is 19.8 Å². The fraction of sp³-hybridized carbons (Fsp3) is 0.0500. The molecule has 0 atom stereocenters. The third-order valence-corrected chi connectivity index (χ3v) is 3.96. The first-order valence-electron chi connectivity index (χ1n) is 7.85. The Labute approximate surface area is 149 Å². The number of carboxylic acids is 2. The van der Waals surface area contributed by atoms with E-state index in [1.54, 1.807) is 42.6 Å². The SMILES string of the molecule is Cc1ccc(C(=O)O)cc1N=Cc1cccn1-c1ccc(C(=O)O)cc1. The van der Waals surface area contributed by atoms with E-state index in [2.05, 4.69) is 4.99 Å². The molecule has 0 amide bonds. The van der Waals surface area contributed by atoms with Crippen LogP contribution in [0.5, 0.6) is 0 Å². The summed E-state index contributed by atoms with van der Waals surface area (Å²) >= 11 is 0. The number of aryl methyl sites for hydroxylation is 1. The predicted molar refractivity (Wildman–Crippen MR) is 98.1 cm³/mol. The fourth-order valence-electron chi connectivity index (χ4n) is 2.52. The molecule has 0 saturated heterocycles. The highest BCUT2D eigenvalue weighted by atomic mass is 16.4. The number of aliphatic imine (C=N–C) groups is 1. The van der Waals surface area contributed by atoms with Gasteiger partial charge >= 0.3 is 11.9 Å². The van der Waals surface area contributed by atoms with Gasteiger partial charge < -0.3 is 14.8 Å². The molecule has 0 aliphatic heterocycles. The average molecular weight is 348 g/mol. The van der Waals surface area contributed by atoms with Gasteiger partial charge in [0, 0.05) is 11.9 Å². The highest BCUT2D eigenvalue weighted by Crippen LogP contribution is 2.21. The van der Waals surface area contributed by atoms with Gasteiger partial charge in [-0.05, 0) is 61.0 Å². The Bertz CT molecular complexity index is 1000. The lowest BCUT2D eigenvalue weighted by Gasteiger charge is -2.07. The van der Waals surface area contributed by atoms with Gasteiger partial charge in [-0.3, -0.25) is 4.99 Å². The van der Waals surface area contributed by atoms with E-state index in [0.29, 0.717) is 5.69 Å². The molecule has 0 spiro atoms. The minimum Gasteiger partial charge on any atom is -0.478 e. The Morgan fingerprint density at radius 3 is 2.27 bits per heavy atom. The van der Waals surface area contributed by atoms with Crippen LogP contribution >= 0.6 is 0 Å². The van der Waals surface area contributed by atoms with Crippen molar-refractivity contribution in [3.05, 3.63) is 83.2 Å². The van der Waals surface area contributed by atoms with Crippen molar-refractivity contribution in [1.82, 2.24) is 4.57 Å². The van der Waals surface area contributed by atoms with Crippen molar-refractivity contribution in [2.45, 2.75) is 6.92 Å². The lowest BCUT2D eigenvalue weighted by Crippen LogP contribution is -2.00. The van der Waals surface area contributed by atoms with E-state index < -0.39 is 11.9 Å². The largest absolute Gasteiger partial charge is 0.478 e. The molecule has 1 aromatic heterocycles. The van der Waals surface area contributed by atoms with Gasteiger partial charge in [-0.2, -0.15) is 0 Å². The number of aromatic carboxylic acids is 2. The number of rotatable bonds is 5. The standard InChI is InChI=1S/C20H16N2O4/c1-13-4-5-15(20(25)26)11-18(13)21-12-17-3-2-10-22(17)16-8-6-14(7-9-16)19(23)24/h2-12H,1H3,(H,23,24)(H,25,26). The molecule has 0 aliphatic rings. The van der Waals surface area contributed by atoms with Crippen molar-refractivity contribution in [2.75, 3.05) is 0 Å². The Balaban J connectivity index is 1.92. The maximum Gasteiger partial charge on any atom is 0.335 e. The summed E-state index contributed by atoms with van der Waals surface area (Å²) in [5.41, 5.74) is 3.44. The fourth-order valence-corrected chi connectivity index (χ4v) is 2.52. The van der Waals surface area contributed by atoms with Crippen molar-refractivity contribution in [2.24, 2.45) is 4.99 Å². The molecule has 3 rings (SSSR count). The van der Waals surface area contributed by atoms with Gasteiger partial charge in [-0.15, -0.1) is 0 Å². The lowest BCUT2D eigenvalue weighted by atomic mass is 10.1. The highest BCUT2D eigenvalue weighted by Gasteiger charge is 2.07. The molecule has 26 heavy (non-hydrogen) atoms. The first kappa shape index (κ1) is 17.2. The summed E-state index contributed by atoms with van der Waals surface area (Å²) in [6, 6.07) is 15.0. The third kappa shape index (κ3) is 3.54. The first-order valence-corrected chi connectivity index (χ1v) is 7.85. The second-order valence-corrected chi connectivity index (χ2v) is 5.72. The van der Waals surface area contributed by atoms with E-state index in [9.17, 15) is 9.59 Å². The maximum atomic E-state index is 11.1. The van der Waals surface area contributed by atoms with E-state index >= 15 is 0 Å². The van der Waals surface area contributed by atoms with Crippen molar-refractivity contribution in [3.63, 3.8) is 0 Å². The average Bonchev–Trinajstić information content (AvgIpc) is 3.09. The van der Waals surface area contributed by atoms with E-state index in [0.717, 1.165) is 16.9 Å². The number of benzene rings is 2. The number of hydrogen-bond acceptors (Lipinski definition) is 3. The van der Waals surface area contributed by atoms with Crippen LogP contribution in [0.4, 0.5) is 5.69 Å². The van der Waals surface area contributed by atoms with Crippen LogP contribution in [0.2, 0.25) is 0 Å². The zero-order chi connectivity index (χ0) is 18.7. The van der Waals surface area contributed by atoms with E-state index in [1.165, 1.54) is 6.07 Å². The predicted octanol–water partition coefficient (Wildman–Crippen LogP) is 3.93. The maximum absolute atomic E-state index is 11.1. The number of nitrogens with zero attached hydrogens (tertiary/aromatic N) is 2. The van der Waals surface area contributed by atoms with Crippen LogP contribution in [0.3, 0.4) is 0 Å². The third-order valence-electron chi connectivity index (χ3n) is 3.96. The van der Waals surface area contributed by atoms with Crippen molar-refractivity contribution >= 4 is 23.8 Å². The molecule has 1 heterocycles. The zero-order valence-corrected chi connectivity index (χ0v) is 14.0. The molecule has 0 radical (unpaired) electrons. The summed E-state index contributed by atoms with van der Waals surface area (Å²) in [6.07, 6.45) is 3.50. The van der Waals surface area contributed by atoms with Crippen LogP contribution in [-0.2, 0) is 0 Å². The molecule has 2 aromatic carbocycles. The van der Waals surface area contributed by atoms with Crippen molar-refractivity contribution in [3.8, 4) is 5.69 Å². The Morgan fingerprint density at radius 1 is 0.962 bits per heavy atom. The molecule has 2 N–H and O–H groups in total. The van der Waals surface area contributed by atoms with E-state index in [4.69, 9.17) is 10.2 Å². The molecule has 0 aliphatic carbocycles. The van der Waals surface area contributed by atoms with Crippen molar-refractivity contribution in [1.29, 1.82) is 0 Å². The van der Waals surface area contributed by atoms with E-state index in [1.807, 2.05) is 29.8 Å². The highest BCUT2D eigenvalue weighted by molar-refractivity contribution is 5.90. The van der Waals surface area contributed by atoms with Gasteiger partial charge in [0.15, 0.2) is 0 Å². The first-order chi connectivity index (χ1) is 12.5.